The molecule has 17 atom stereocenters. The van der Waals surface area contributed by atoms with Crippen LogP contribution in [-0.4, -0.2) is 122 Å². The van der Waals surface area contributed by atoms with Gasteiger partial charge in [-0.1, -0.05) is 45.1 Å². The lowest BCUT2D eigenvalue weighted by Gasteiger charge is -2.50. The monoisotopic (exact) mass is 804 g/mol. The van der Waals surface area contributed by atoms with Gasteiger partial charge in [0.1, 0.15) is 24.4 Å². The van der Waals surface area contributed by atoms with Gasteiger partial charge >= 0.3 is 5.97 Å². The molecule has 3 spiro atoms. The highest BCUT2D eigenvalue weighted by molar-refractivity contribution is 5.76. The van der Waals surface area contributed by atoms with E-state index in [4.69, 9.17) is 33.2 Å². The van der Waals surface area contributed by atoms with Crippen LogP contribution in [0.4, 0.5) is 0 Å². The molecule has 57 heavy (non-hydrogen) atoms. The van der Waals surface area contributed by atoms with Crippen LogP contribution in [0.1, 0.15) is 125 Å². The molecule has 0 amide bonds. The molecule has 5 N–H and O–H groups in total. The van der Waals surface area contributed by atoms with Gasteiger partial charge in [0.05, 0.1) is 43.2 Å². The molecule has 7 aliphatic heterocycles. The molecule has 0 bridgehead atoms. The van der Waals surface area contributed by atoms with E-state index < -0.39 is 71.7 Å². The van der Waals surface area contributed by atoms with Gasteiger partial charge in [0.15, 0.2) is 17.2 Å². The topological polar surface area (TPSA) is 183 Å². The van der Waals surface area contributed by atoms with E-state index in [2.05, 4.69) is 26.5 Å². The maximum atomic E-state index is 11.6. The van der Waals surface area contributed by atoms with E-state index in [1.165, 1.54) is 6.92 Å². The molecule has 2 unspecified atom stereocenters. The number of ether oxygens (including phenoxy) is 7. The summed E-state index contributed by atoms with van der Waals surface area (Å²) in [4.78, 5) is 11.6. The van der Waals surface area contributed by atoms with Gasteiger partial charge in [-0.15, -0.1) is 0 Å². The fraction of sp³-hybridized carbons (Fsp3) is 0.841. The molecule has 0 aliphatic carbocycles. The molecule has 6 saturated heterocycles. The van der Waals surface area contributed by atoms with Crippen LogP contribution in [0.2, 0.25) is 0 Å². The lowest BCUT2D eigenvalue weighted by atomic mass is 9.79. The molecule has 7 aliphatic rings. The Labute approximate surface area is 337 Å². The minimum atomic E-state index is -1.96. The number of aliphatic hydroxyl groups excluding tert-OH is 3. The van der Waals surface area contributed by atoms with Crippen LogP contribution in [-0.2, 0) is 38.0 Å². The largest absolute Gasteiger partial charge is 0.479 e. The Kier molecular flexibility index (Phi) is 12.9. The van der Waals surface area contributed by atoms with E-state index in [0.717, 1.165) is 50.7 Å². The highest BCUT2D eigenvalue weighted by Crippen LogP contribution is 2.47. The predicted octanol–water partition coefficient (Wildman–Crippen LogP) is 5.21. The quantitative estimate of drug-likeness (QED) is 0.182. The van der Waals surface area contributed by atoms with Crippen LogP contribution in [0.25, 0.3) is 0 Å². The molecular formula is C44H68O13. The maximum absolute atomic E-state index is 11.6. The van der Waals surface area contributed by atoms with Crippen molar-refractivity contribution in [1.29, 1.82) is 0 Å². The first-order valence-corrected chi connectivity index (χ1v) is 21.7. The Morgan fingerprint density at radius 2 is 1.75 bits per heavy atom. The fourth-order valence-corrected chi connectivity index (χ4v) is 10.5. The summed E-state index contributed by atoms with van der Waals surface area (Å²) in [6.07, 6.45) is 9.37. The van der Waals surface area contributed by atoms with Crippen molar-refractivity contribution in [2.24, 2.45) is 17.8 Å². The molecule has 0 aromatic heterocycles. The third kappa shape index (κ3) is 9.15. The Morgan fingerprint density at radius 1 is 1.00 bits per heavy atom. The van der Waals surface area contributed by atoms with Crippen LogP contribution in [0.15, 0.2) is 36.0 Å². The second-order valence-corrected chi connectivity index (χ2v) is 18.9. The number of hydrogen-bond donors (Lipinski definition) is 5. The molecule has 322 valence electrons. The summed E-state index contributed by atoms with van der Waals surface area (Å²) in [5.74, 6) is -3.82. The zero-order valence-corrected chi connectivity index (χ0v) is 34.6. The zero-order chi connectivity index (χ0) is 40.9. The molecule has 0 aromatic carbocycles. The van der Waals surface area contributed by atoms with Crippen molar-refractivity contribution in [3.05, 3.63) is 36.0 Å². The Hall–Kier alpha value is -1.75. The maximum Gasteiger partial charge on any atom is 0.335 e. The molecule has 0 aromatic rings. The summed E-state index contributed by atoms with van der Waals surface area (Å²) in [6, 6.07) is 0. The van der Waals surface area contributed by atoms with Crippen LogP contribution in [0, 0.1) is 17.8 Å². The normalized spacial score (nSPS) is 45.4. The van der Waals surface area contributed by atoms with Crippen LogP contribution in [0.3, 0.4) is 0 Å². The Bertz CT molecular complexity index is 1510. The van der Waals surface area contributed by atoms with E-state index in [0.29, 0.717) is 56.4 Å². The van der Waals surface area contributed by atoms with E-state index >= 15 is 0 Å². The molecular weight excluding hydrogens is 736 g/mol. The lowest BCUT2D eigenvalue weighted by molar-refractivity contribution is -0.321. The summed E-state index contributed by atoms with van der Waals surface area (Å²) in [6.45, 7) is 14.5. The first-order chi connectivity index (χ1) is 26.9. The van der Waals surface area contributed by atoms with E-state index in [9.17, 15) is 30.3 Å². The fourth-order valence-electron chi connectivity index (χ4n) is 10.5. The smallest absolute Gasteiger partial charge is 0.335 e. The highest BCUT2D eigenvalue weighted by Gasteiger charge is 2.55. The Morgan fingerprint density at radius 3 is 2.49 bits per heavy atom. The van der Waals surface area contributed by atoms with Gasteiger partial charge in [-0.05, 0) is 95.1 Å². The average Bonchev–Trinajstić information content (AvgIpc) is 3.56. The third-order valence-corrected chi connectivity index (χ3v) is 14.0. The molecule has 7 rings (SSSR count). The molecule has 7 heterocycles. The number of carbonyl (C=O) groups is 1. The van der Waals surface area contributed by atoms with Crippen LogP contribution < -0.4 is 0 Å². The molecule has 6 fully saturated rings. The van der Waals surface area contributed by atoms with E-state index in [-0.39, 0.29) is 36.6 Å². The standard InChI is InChI=1S/C44H68O13/c1-25-21-34(55-44(23-25)35(46)12-11-31(54-44)24-41(6,50)40(48)49)26(2)9-10-30-14-18-43(53-30)19-15-33-39(57-43)36(47)29(5)38(52-33)32(45)22-28(4)37-27(3)13-17-42(56-37)16-7-8-20-51-42/h9-10,23,26-28,30-39,45-47,50H,5,7-8,11-22,24H2,1-4,6H3,(H,48,49)/b10-9+/t26?,27-,28+,30?,31+,32+,33-,34+,35-,36-,37-,38-,39-,41-,42+,43-,44-/m1/s1. The van der Waals surface area contributed by atoms with E-state index in [1.54, 1.807) is 6.08 Å². The number of rotatable bonds is 10. The predicted molar refractivity (Wildman–Crippen MR) is 208 cm³/mol. The zero-order valence-electron chi connectivity index (χ0n) is 34.6. The minimum Gasteiger partial charge on any atom is -0.479 e. The van der Waals surface area contributed by atoms with Crippen molar-refractivity contribution in [3.8, 4) is 0 Å². The SMILES string of the molecule is C=C1[C@@H](O)[C@@H]2O[C@]3(CCC(/C=C/C(C)[C@@H]4CC(C)=C[C@@]5(O[C@H](C[C@@](C)(O)C(=O)O)CC[C@H]5O)O4)O3)CC[C@H]2O[C@H]1[C@@H](O)C[C@H](C)[C@@H]1O[C@@]2(CCCCO2)CC[C@H]1C. The summed E-state index contributed by atoms with van der Waals surface area (Å²) in [5, 5.41) is 54.0. The number of fused-ring (bicyclic) bond motifs is 1. The van der Waals surface area contributed by atoms with Gasteiger partial charge in [0, 0.05) is 38.0 Å². The first kappa shape index (κ1) is 43.3. The van der Waals surface area contributed by atoms with E-state index in [1.807, 2.05) is 19.9 Å². The highest BCUT2D eigenvalue weighted by atomic mass is 16.7. The van der Waals surface area contributed by atoms with Crippen molar-refractivity contribution in [2.45, 2.75) is 209 Å². The number of hydrogen-bond acceptors (Lipinski definition) is 12. The minimum absolute atomic E-state index is 0.0423. The average molecular weight is 805 g/mol. The van der Waals surface area contributed by atoms with Crippen LogP contribution in [0.5, 0.6) is 0 Å². The number of aliphatic carboxylic acids is 1. The number of aliphatic hydroxyl groups is 4. The van der Waals surface area contributed by atoms with Gasteiger partial charge in [0.2, 0.25) is 5.79 Å². The summed E-state index contributed by atoms with van der Waals surface area (Å²) in [7, 11) is 0. The van der Waals surface area contributed by atoms with Crippen molar-refractivity contribution in [2.75, 3.05) is 6.61 Å². The van der Waals surface area contributed by atoms with Gasteiger partial charge in [0.25, 0.3) is 0 Å². The third-order valence-electron chi connectivity index (χ3n) is 14.0. The van der Waals surface area contributed by atoms with Crippen molar-refractivity contribution in [3.63, 3.8) is 0 Å². The van der Waals surface area contributed by atoms with Crippen molar-refractivity contribution >= 4 is 5.97 Å². The second kappa shape index (κ2) is 17.0. The van der Waals surface area contributed by atoms with Crippen molar-refractivity contribution < 1.29 is 63.5 Å². The van der Waals surface area contributed by atoms with Crippen LogP contribution >= 0.6 is 0 Å². The molecule has 13 heteroatoms. The van der Waals surface area contributed by atoms with Gasteiger partial charge in [-0.25, -0.2) is 4.79 Å². The van der Waals surface area contributed by atoms with Gasteiger partial charge in [-0.3, -0.25) is 0 Å². The Balaban J connectivity index is 0.920. The van der Waals surface area contributed by atoms with Gasteiger partial charge in [-0.2, -0.15) is 0 Å². The summed E-state index contributed by atoms with van der Waals surface area (Å²) < 4.78 is 45.2. The summed E-state index contributed by atoms with van der Waals surface area (Å²) >= 11 is 0. The molecule has 13 nitrogen and oxygen atoms in total. The second-order valence-electron chi connectivity index (χ2n) is 18.9. The summed E-state index contributed by atoms with van der Waals surface area (Å²) in [5.41, 5.74) is -0.551. The van der Waals surface area contributed by atoms with Crippen molar-refractivity contribution in [1.82, 2.24) is 0 Å². The molecule has 0 radical (unpaired) electrons. The first-order valence-electron chi connectivity index (χ1n) is 21.7. The van der Waals surface area contributed by atoms with Gasteiger partial charge < -0.3 is 58.7 Å². The lowest BCUT2D eigenvalue weighted by Crippen LogP contribution is -2.60. The molecule has 0 saturated carbocycles. The number of carboxylic acid groups (broad SMARTS) is 1. The number of carboxylic acids is 1.